The summed E-state index contributed by atoms with van der Waals surface area (Å²) in [5.74, 6) is 0.671. The van der Waals surface area contributed by atoms with Gasteiger partial charge in [0, 0.05) is 39.8 Å². The van der Waals surface area contributed by atoms with E-state index in [1.54, 1.807) is 30.4 Å². The number of hydrogen-bond acceptors (Lipinski definition) is 5. The van der Waals surface area contributed by atoms with E-state index in [-0.39, 0.29) is 12.5 Å². The molecular weight excluding hydrogens is 498 g/mol. The maximum Gasteiger partial charge on any atom is 0.248 e. The molecule has 0 aliphatic rings. The van der Waals surface area contributed by atoms with Crippen LogP contribution in [0, 0.1) is 13.8 Å². The maximum atomic E-state index is 13.0. The number of methoxy groups -OCH3 is 1. The summed E-state index contributed by atoms with van der Waals surface area (Å²) in [6.45, 7) is 14.4. The summed E-state index contributed by atoms with van der Waals surface area (Å²) in [5, 5.41) is 3.57. The normalized spacial score (nSPS) is 11.8. The Morgan fingerprint density at radius 2 is 1.55 bits per heavy atom. The Balaban J connectivity index is 0.00000352. The Morgan fingerprint density at radius 1 is 1.00 bits per heavy atom. The van der Waals surface area contributed by atoms with Crippen molar-refractivity contribution in [1.82, 2.24) is 14.5 Å². The van der Waals surface area contributed by atoms with Gasteiger partial charge in [0.1, 0.15) is 23.3 Å². The van der Waals surface area contributed by atoms with Crippen LogP contribution in [0.2, 0.25) is 0 Å². The fourth-order valence-electron chi connectivity index (χ4n) is 3.97. The average Bonchev–Trinajstić information content (AvgIpc) is 2.92. The number of amides is 1. The van der Waals surface area contributed by atoms with E-state index in [9.17, 15) is 9.00 Å². The number of benzene rings is 2. The molecule has 1 amide bonds. The zero-order valence-corrected chi connectivity index (χ0v) is 25.7. The predicted octanol–water partition coefficient (Wildman–Crippen LogP) is 5.25. The Bertz CT molecular complexity index is 970. The van der Waals surface area contributed by atoms with E-state index >= 15 is 0 Å². The van der Waals surface area contributed by atoms with Gasteiger partial charge in [-0.25, -0.2) is 8.51 Å². The summed E-state index contributed by atoms with van der Waals surface area (Å²) < 4.78 is 25.6. The summed E-state index contributed by atoms with van der Waals surface area (Å²) >= 11 is 0. The third-order valence-corrected chi connectivity index (χ3v) is 8.09. The molecule has 2 aromatic carbocycles. The lowest BCUT2D eigenvalue weighted by Gasteiger charge is -2.20. The lowest BCUT2D eigenvalue weighted by atomic mass is 10.1. The van der Waals surface area contributed by atoms with Crippen LogP contribution in [0.4, 0.5) is 0 Å². The van der Waals surface area contributed by atoms with Crippen molar-refractivity contribution in [2.24, 2.45) is 0 Å². The molecule has 0 heterocycles. The van der Waals surface area contributed by atoms with Gasteiger partial charge < -0.3 is 19.7 Å². The number of nitrogens with zero attached hydrogens (tertiary/aromatic N) is 2. The number of ether oxygens (including phenoxy) is 2. The smallest absolute Gasteiger partial charge is 0.248 e. The van der Waals surface area contributed by atoms with E-state index in [0.29, 0.717) is 25.7 Å². The van der Waals surface area contributed by atoms with Crippen molar-refractivity contribution < 1.29 is 18.5 Å². The molecule has 0 bridgehead atoms. The van der Waals surface area contributed by atoms with Gasteiger partial charge in [-0.1, -0.05) is 52.0 Å². The molecule has 8 heteroatoms. The molecule has 1 atom stereocenters. The molecule has 0 saturated heterocycles. The highest BCUT2D eigenvalue weighted by Gasteiger charge is 2.17. The van der Waals surface area contributed by atoms with Crippen LogP contribution in [0.15, 0.2) is 41.3 Å². The van der Waals surface area contributed by atoms with Crippen molar-refractivity contribution in [3.63, 3.8) is 0 Å². The summed E-state index contributed by atoms with van der Waals surface area (Å²) in [7, 11) is 3.88. The minimum atomic E-state index is -1.32. The first-order valence-electron chi connectivity index (χ1n) is 13.6. The number of hydrogen-bond donors (Lipinski definition) is 1. The molecule has 0 spiro atoms. The Morgan fingerprint density at radius 3 is 2.08 bits per heavy atom. The summed E-state index contributed by atoms with van der Waals surface area (Å²) in [5.41, 5.74) is 4.16. The molecule has 7 nitrogen and oxygen atoms in total. The molecule has 0 aliphatic carbocycles. The van der Waals surface area contributed by atoms with Crippen LogP contribution in [-0.4, -0.2) is 66.3 Å². The summed E-state index contributed by atoms with van der Waals surface area (Å²) in [6, 6.07) is 12.7. The minimum absolute atomic E-state index is 0.00497. The topological polar surface area (TPSA) is 71.1 Å². The highest BCUT2D eigenvalue weighted by atomic mass is 32.2. The second kappa shape index (κ2) is 18.1. The molecular formula is C30H49N3O4S. The van der Waals surface area contributed by atoms with Crippen molar-refractivity contribution in [3.05, 3.63) is 58.7 Å². The first kappa shape index (κ1) is 33.8. The molecule has 0 radical (unpaired) electrons. The zero-order valence-electron chi connectivity index (χ0n) is 24.9. The highest BCUT2D eigenvalue weighted by molar-refractivity contribution is 7.82. The monoisotopic (exact) mass is 547 g/mol. The lowest BCUT2D eigenvalue weighted by molar-refractivity contribution is -0.135. The number of nitrogens with one attached hydrogen (secondary N) is 1. The van der Waals surface area contributed by atoms with E-state index in [4.69, 9.17) is 9.47 Å². The Labute approximate surface area is 233 Å². The van der Waals surface area contributed by atoms with Crippen molar-refractivity contribution in [1.29, 1.82) is 0 Å². The van der Waals surface area contributed by atoms with E-state index in [2.05, 4.69) is 43.4 Å². The third kappa shape index (κ3) is 10.8. The predicted molar refractivity (Wildman–Crippen MR) is 158 cm³/mol. The number of carbonyl (C=O) groups is 1. The van der Waals surface area contributed by atoms with Gasteiger partial charge in [0.05, 0.1) is 18.6 Å². The van der Waals surface area contributed by atoms with E-state index in [1.807, 2.05) is 39.8 Å². The van der Waals surface area contributed by atoms with Gasteiger partial charge in [-0.2, -0.15) is 0 Å². The van der Waals surface area contributed by atoms with Crippen LogP contribution in [-0.2, 0) is 33.6 Å². The average molecular weight is 548 g/mol. The largest absolute Gasteiger partial charge is 0.497 e. The molecule has 0 saturated carbocycles. The zero-order chi connectivity index (χ0) is 28.7. The number of rotatable bonds is 15. The number of aryl methyl sites for hydroxylation is 2. The fourth-order valence-corrected chi connectivity index (χ4v) is 5.19. The molecule has 0 aliphatic heterocycles. The van der Waals surface area contributed by atoms with Gasteiger partial charge >= 0.3 is 0 Å². The molecule has 1 unspecified atom stereocenters. The van der Waals surface area contributed by atoms with Crippen molar-refractivity contribution in [2.45, 2.75) is 78.4 Å². The Hall–Kier alpha value is -2.26. The molecule has 2 aromatic rings. The lowest BCUT2D eigenvalue weighted by Crippen LogP contribution is -2.32. The van der Waals surface area contributed by atoms with E-state index in [0.717, 1.165) is 46.7 Å². The third-order valence-electron chi connectivity index (χ3n) is 6.35. The van der Waals surface area contributed by atoms with Gasteiger partial charge in [-0.05, 0) is 61.1 Å². The molecule has 2 rings (SSSR count). The van der Waals surface area contributed by atoms with Gasteiger partial charge in [0.15, 0.2) is 0 Å². The SMILES string of the molecule is CC.CCC(CC)NCc1ccc(CN(C)C(=O)COCCN(C)S(=O)c2c(C)cc(OC)cc2C)cc1. The first-order valence-corrected chi connectivity index (χ1v) is 14.7. The number of carbonyl (C=O) groups excluding carboxylic acids is 1. The standard InChI is InChI=1S/C28H43N3O4S.C2H6/c1-8-25(9-2)29-18-23-10-12-24(13-11-23)19-30(5)27(32)20-35-15-14-31(6)36(33)28-21(3)16-26(34-7)17-22(28)4;1-2/h10-13,16-17,25,29H,8-9,14-15,18-20H2,1-7H3;1-2H3. The van der Waals surface area contributed by atoms with Crippen molar-refractivity contribution in [2.75, 3.05) is 41.0 Å². The minimum Gasteiger partial charge on any atom is -0.497 e. The second-order valence-corrected chi connectivity index (χ2v) is 10.7. The molecule has 38 heavy (non-hydrogen) atoms. The highest BCUT2D eigenvalue weighted by Crippen LogP contribution is 2.25. The van der Waals surface area contributed by atoms with Gasteiger partial charge in [-0.3, -0.25) is 4.79 Å². The van der Waals surface area contributed by atoms with E-state index in [1.165, 1.54) is 5.56 Å². The molecule has 1 N–H and O–H groups in total. The quantitative estimate of drug-likeness (QED) is 0.309. The molecule has 0 fully saturated rings. The van der Waals surface area contributed by atoms with Gasteiger partial charge in [0.25, 0.3) is 0 Å². The fraction of sp³-hybridized carbons (Fsp3) is 0.567. The van der Waals surface area contributed by atoms with Crippen molar-refractivity contribution >= 4 is 16.9 Å². The van der Waals surface area contributed by atoms with Crippen molar-refractivity contribution in [3.8, 4) is 5.75 Å². The number of likely N-dealkylation sites (N-methyl/N-ethyl adjacent to an activating group) is 2. The van der Waals surface area contributed by atoms with Gasteiger partial charge in [0.2, 0.25) is 5.91 Å². The van der Waals surface area contributed by atoms with Crippen LogP contribution in [0.5, 0.6) is 5.75 Å². The van der Waals surface area contributed by atoms with Crippen LogP contribution in [0.1, 0.15) is 62.8 Å². The first-order chi connectivity index (χ1) is 18.2. The van der Waals surface area contributed by atoms with Crippen LogP contribution < -0.4 is 10.1 Å². The van der Waals surface area contributed by atoms with Crippen LogP contribution in [0.3, 0.4) is 0 Å². The maximum absolute atomic E-state index is 13.0. The van der Waals surface area contributed by atoms with Gasteiger partial charge in [-0.15, -0.1) is 0 Å². The Kier molecular flexibility index (Phi) is 16.1. The van der Waals surface area contributed by atoms with Crippen LogP contribution in [0.25, 0.3) is 0 Å². The van der Waals surface area contributed by atoms with Crippen LogP contribution >= 0.6 is 0 Å². The van der Waals surface area contributed by atoms with E-state index < -0.39 is 11.0 Å². The summed E-state index contributed by atoms with van der Waals surface area (Å²) in [4.78, 5) is 15.0. The second-order valence-electron chi connectivity index (χ2n) is 9.20. The molecule has 0 aromatic heterocycles. The molecule has 214 valence electrons. The summed E-state index contributed by atoms with van der Waals surface area (Å²) in [6.07, 6.45) is 2.25.